The summed E-state index contributed by atoms with van der Waals surface area (Å²) < 4.78 is 5.08. The maximum Gasteiger partial charge on any atom is 0.171 e. The van der Waals surface area contributed by atoms with Crippen molar-refractivity contribution in [1.82, 2.24) is 4.98 Å². The molecule has 2 aromatic rings. The molecule has 0 aliphatic rings. The first-order valence-electron chi connectivity index (χ1n) is 4.43. The summed E-state index contributed by atoms with van der Waals surface area (Å²) in [6.07, 6.45) is 3.26. The Morgan fingerprint density at radius 2 is 2.27 bits per heavy atom. The number of nitrogens with zero attached hydrogens (tertiary/aromatic N) is 1. The van der Waals surface area contributed by atoms with Crippen molar-refractivity contribution >= 4 is 17.4 Å². The summed E-state index contributed by atoms with van der Waals surface area (Å²) in [6, 6.07) is 6.77. The van der Waals surface area contributed by atoms with Crippen LogP contribution in [0.4, 0.5) is 0 Å². The molecule has 2 heterocycles. The zero-order valence-electron chi connectivity index (χ0n) is 7.81. The number of rotatable bonds is 3. The molecule has 0 radical (unpaired) electrons. The number of Topliss-reactive ketones (excluding diaryl/α,β-unsaturated/α-hetero) is 1. The highest BCUT2D eigenvalue weighted by Crippen LogP contribution is 2.09. The Morgan fingerprint density at radius 3 is 2.87 bits per heavy atom. The van der Waals surface area contributed by atoms with E-state index >= 15 is 0 Å². The first-order valence-corrected chi connectivity index (χ1v) is 4.80. The number of aromatic nitrogens is 1. The van der Waals surface area contributed by atoms with Gasteiger partial charge in [-0.2, -0.15) is 0 Å². The van der Waals surface area contributed by atoms with Gasteiger partial charge in [0.1, 0.15) is 10.9 Å². The Hall–Kier alpha value is -1.61. The Bertz CT molecular complexity index is 448. The molecule has 0 fully saturated rings. The number of carbonyl (C=O) groups is 1. The topological polar surface area (TPSA) is 43.1 Å². The average molecular weight is 222 g/mol. The molecule has 0 saturated heterocycles. The molecule has 0 spiro atoms. The second-order valence-electron chi connectivity index (χ2n) is 3.05. The van der Waals surface area contributed by atoms with Gasteiger partial charge in [0.05, 0.1) is 12.7 Å². The van der Waals surface area contributed by atoms with Crippen LogP contribution in [-0.2, 0) is 6.42 Å². The smallest absolute Gasteiger partial charge is 0.171 e. The van der Waals surface area contributed by atoms with Gasteiger partial charge in [0.15, 0.2) is 5.78 Å². The lowest BCUT2D eigenvalue weighted by molar-refractivity contribution is 0.0986. The number of hydrogen-bond donors (Lipinski definition) is 0. The number of carbonyl (C=O) groups excluding carboxylic acids is 1. The molecule has 0 N–H and O–H groups in total. The molecule has 0 amide bonds. The fraction of sp³-hybridized carbons (Fsp3) is 0.0909. The van der Waals surface area contributed by atoms with Crippen molar-refractivity contribution in [3.8, 4) is 0 Å². The summed E-state index contributed by atoms with van der Waals surface area (Å²) in [5.41, 5.74) is 0.538. The molecule has 2 rings (SSSR count). The van der Waals surface area contributed by atoms with E-state index in [0.29, 0.717) is 16.5 Å². The summed E-state index contributed by atoms with van der Waals surface area (Å²) in [5, 5.41) is 0.379. The van der Waals surface area contributed by atoms with E-state index in [1.807, 2.05) is 0 Å². The monoisotopic (exact) mass is 221 g/mol. The third-order valence-electron chi connectivity index (χ3n) is 1.96. The molecule has 0 atom stereocenters. The molecule has 0 saturated carbocycles. The standard InChI is InChI=1S/C11H8ClNO2/c12-11-4-3-8(7-13-11)10(14)6-9-2-1-5-15-9/h1-5,7H,6H2. The second-order valence-corrected chi connectivity index (χ2v) is 3.44. The SMILES string of the molecule is O=C(Cc1ccco1)c1ccc(Cl)nc1. The van der Waals surface area contributed by atoms with E-state index in [4.69, 9.17) is 16.0 Å². The average Bonchev–Trinajstić information content (AvgIpc) is 2.71. The van der Waals surface area contributed by atoms with Crippen LogP contribution >= 0.6 is 11.6 Å². The van der Waals surface area contributed by atoms with Gasteiger partial charge in [0.25, 0.3) is 0 Å². The molecule has 76 valence electrons. The maximum atomic E-state index is 11.7. The van der Waals surface area contributed by atoms with E-state index in [1.165, 1.54) is 6.20 Å². The molecule has 0 unspecified atom stereocenters. The van der Waals surface area contributed by atoms with Crippen molar-refractivity contribution in [1.29, 1.82) is 0 Å². The van der Waals surface area contributed by atoms with Gasteiger partial charge < -0.3 is 4.42 Å². The highest BCUT2D eigenvalue weighted by molar-refractivity contribution is 6.29. The van der Waals surface area contributed by atoms with Crippen LogP contribution in [-0.4, -0.2) is 10.8 Å². The lowest BCUT2D eigenvalue weighted by Crippen LogP contribution is -2.02. The summed E-state index contributed by atoms with van der Waals surface area (Å²) in [5.74, 6) is 0.615. The van der Waals surface area contributed by atoms with Crippen molar-refractivity contribution < 1.29 is 9.21 Å². The predicted octanol–water partition coefficient (Wildman–Crippen LogP) is 2.75. The van der Waals surface area contributed by atoms with Gasteiger partial charge in [-0.3, -0.25) is 4.79 Å². The largest absolute Gasteiger partial charge is 0.469 e. The van der Waals surface area contributed by atoms with Gasteiger partial charge in [-0.15, -0.1) is 0 Å². The summed E-state index contributed by atoms with van der Waals surface area (Å²) in [6.45, 7) is 0. The van der Waals surface area contributed by atoms with Gasteiger partial charge in [0, 0.05) is 11.8 Å². The first-order chi connectivity index (χ1) is 7.25. The van der Waals surface area contributed by atoms with Gasteiger partial charge >= 0.3 is 0 Å². The van der Waals surface area contributed by atoms with Crippen molar-refractivity contribution in [2.45, 2.75) is 6.42 Å². The predicted molar refractivity (Wildman–Crippen MR) is 56.0 cm³/mol. The van der Waals surface area contributed by atoms with E-state index < -0.39 is 0 Å². The molecule has 15 heavy (non-hydrogen) atoms. The molecule has 3 nitrogen and oxygen atoms in total. The fourth-order valence-corrected chi connectivity index (χ4v) is 1.33. The number of hydrogen-bond acceptors (Lipinski definition) is 3. The molecule has 4 heteroatoms. The van der Waals surface area contributed by atoms with Crippen LogP contribution in [0.3, 0.4) is 0 Å². The van der Waals surface area contributed by atoms with Crippen LogP contribution in [0.2, 0.25) is 5.15 Å². The van der Waals surface area contributed by atoms with Crippen LogP contribution in [0.15, 0.2) is 41.1 Å². The summed E-state index contributed by atoms with van der Waals surface area (Å²) >= 11 is 5.62. The van der Waals surface area contributed by atoms with Crippen molar-refractivity contribution in [3.05, 3.63) is 53.2 Å². The number of halogens is 1. The quantitative estimate of drug-likeness (QED) is 0.591. The highest BCUT2D eigenvalue weighted by atomic mass is 35.5. The minimum absolute atomic E-state index is 0.0332. The maximum absolute atomic E-state index is 11.7. The summed E-state index contributed by atoms with van der Waals surface area (Å²) in [4.78, 5) is 15.5. The number of pyridine rings is 1. The Morgan fingerprint density at radius 1 is 1.40 bits per heavy atom. The minimum atomic E-state index is -0.0332. The van der Waals surface area contributed by atoms with E-state index in [0.717, 1.165) is 0 Å². The molecule has 0 bridgehead atoms. The zero-order valence-corrected chi connectivity index (χ0v) is 8.57. The lowest BCUT2D eigenvalue weighted by atomic mass is 10.1. The molecular weight excluding hydrogens is 214 g/mol. The Balaban J connectivity index is 2.11. The third kappa shape index (κ3) is 2.44. The van der Waals surface area contributed by atoms with Gasteiger partial charge in [-0.05, 0) is 24.3 Å². The van der Waals surface area contributed by atoms with Crippen LogP contribution in [0.1, 0.15) is 16.1 Å². The Kier molecular flexibility index (Phi) is 2.83. The van der Waals surface area contributed by atoms with Gasteiger partial charge in [-0.1, -0.05) is 11.6 Å². The first kappa shape index (κ1) is 9.93. The van der Waals surface area contributed by atoms with Crippen LogP contribution in [0.5, 0.6) is 0 Å². The number of furan rings is 1. The van der Waals surface area contributed by atoms with E-state index in [9.17, 15) is 4.79 Å². The molecule has 0 aliphatic carbocycles. The highest BCUT2D eigenvalue weighted by Gasteiger charge is 2.08. The van der Waals surface area contributed by atoms with Crippen molar-refractivity contribution in [2.24, 2.45) is 0 Å². The molecular formula is C11H8ClNO2. The Labute approximate surface area is 91.7 Å². The molecule has 0 aliphatic heterocycles. The van der Waals surface area contributed by atoms with Crippen LogP contribution in [0.25, 0.3) is 0 Å². The van der Waals surface area contributed by atoms with Crippen LogP contribution < -0.4 is 0 Å². The molecule has 2 aromatic heterocycles. The third-order valence-corrected chi connectivity index (χ3v) is 2.19. The zero-order chi connectivity index (χ0) is 10.7. The van der Waals surface area contributed by atoms with Crippen molar-refractivity contribution in [2.75, 3.05) is 0 Å². The van der Waals surface area contributed by atoms with Crippen LogP contribution in [0, 0.1) is 0 Å². The van der Waals surface area contributed by atoms with Gasteiger partial charge in [0.2, 0.25) is 0 Å². The normalized spacial score (nSPS) is 10.2. The van der Waals surface area contributed by atoms with E-state index in [1.54, 1.807) is 30.5 Å². The lowest BCUT2D eigenvalue weighted by Gasteiger charge is -1.97. The minimum Gasteiger partial charge on any atom is -0.469 e. The van der Waals surface area contributed by atoms with Gasteiger partial charge in [-0.25, -0.2) is 4.98 Å². The van der Waals surface area contributed by atoms with Crippen molar-refractivity contribution in [3.63, 3.8) is 0 Å². The number of ketones is 1. The van der Waals surface area contributed by atoms with E-state index in [2.05, 4.69) is 4.98 Å². The van der Waals surface area contributed by atoms with E-state index in [-0.39, 0.29) is 12.2 Å². The fourth-order valence-electron chi connectivity index (χ4n) is 1.21. The summed E-state index contributed by atoms with van der Waals surface area (Å²) in [7, 11) is 0. The second kappa shape index (κ2) is 4.28. The molecule has 0 aromatic carbocycles.